The van der Waals surface area contributed by atoms with E-state index in [0.717, 1.165) is 0 Å². The number of carbonyl (C=O) groups excluding carboxylic acids is 1. The monoisotopic (exact) mass is 291 g/mol. The Morgan fingerprint density at radius 3 is 2.32 bits per heavy atom. The summed E-state index contributed by atoms with van der Waals surface area (Å²) >= 11 is 0. The van der Waals surface area contributed by atoms with Crippen LogP contribution in [0.1, 0.15) is 26.7 Å². The van der Waals surface area contributed by atoms with Crippen molar-refractivity contribution in [1.29, 1.82) is 0 Å². The fourth-order valence-electron chi connectivity index (χ4n) is 2.08. The van der Waals surface area contributed by atoms with E-state index in [9.17, 15) is 13.2 Å². The number of carbonyl (C=O) groups is 1. The van der Waals surface area contributed by atoms with Gasteiger partial charge in [0.2, 0.25) is 5.91 Å². The van der Waals surface area contributed by atoms with Gasteiger partial charge in [-0.05, 0) is 12.3 Å². The van der Waals surface area contributed by atoms with Gasteiger partial charge in [0.15, 0.2) is 0 Å². The summed E-state index contributed by atoms with van der Waals surface area (Å²) in [4.78, 5) is 13.8. The van der Waals surface area contributed by atoms with Gasteiger partial charge >= 0.3 is 0 Å². The van der Waals surface area contributed by atoms with Crippen molar-refractivity contribution in [3.8, 4) is 0 Å². The van der Waals surface area contributed by atoms with Crippen molar-refractivity contribution in [2.24, 2.45) is 5.92 Å². The Bertz CT molecular complexity index is 406. The maximum absolute atomic E-state index is 12.0. The summed E-state index contributed by atoms with van der Waals surface area (Å²) in [6.07, 6.45) is 1.22. The maximum Gasteiger partial charge on any atom is 0.281 e. The summed E-state index contributed by atoms with van der Waals surface area (Å²) in [6, 6.07) is 0. The Kier molecular flexibility index (Phi) is 5.76. The first-order valence-electron chi connectivity index (χ1n) is 6.70. The van der Waals surface area contributed by atoms with Crippen LogP contribution in [0.3, 0.4) is 0 Å². The number of hydrogen-bond acceptors (Lipinski definition) is 3. The molecule has 1 fully saturated rings. The molecule has 6 nitrogen and oxygen atoms in total. The molecule has 0 atom stereocenters. The first-order chi connectivity index (χ1) is 8.75. The van der Waals surface area contributed by atoms with Crippen molar-refractivity contribution < 1.29 is 13.2 Å². The lowest BCUT2D eigenvalue weighted by Crippen LogP contribution is -2.42. The average Bonchev–Trinajstić information content (AvgIpc) is 2.53. The molecule has 0 aliphatic carbocycles. The number of hydrogen-bond donors (Lipinski definition) is 0. The Morgan fingerprint density at radius 1 is 1.16 bits per heavy atom. The van der Waals surface area contributed by atoms with Crippen LogP contribution in [0.2, 0.25) is 0 Å². The second-order valence-corrected chi connectivity index (χ2v) is 7.66. The summed E-state index contributed by atoms with van der Waals surface area (Å²) in [6.45, 7) is 6.01. The van der Waals surface area contributed by atoms with Gasteiger partial charge in [0.1, 0.15) is 0 Å². The van der Waals surface area contributed by atoms with Crippen LogP contribution in [0.5, 0.6) is 0 Å². The van der Waals surface area contributed by atoms with E-state index in [1.165, 1.54) is 22.7 Å². The molecule has 112 valence electrons. The molecule has 1 saturated heterocycles. The minimum Gasteiger partial charge on any atom is -0.341 e. The van der Waals surface area contributed by atoms with Crippen molar-refractivity contribution in [2.75, 3.05) is 40.3 Å². The molecule has 1 rings (SSSR count). The van der Waals surface area contributed by atoms with Crippen molar-refractivity contribution in [3.63, 3.8) is 0 Å². The Balaban J connectivity index is 2.64. The highest BCUT2D eigenvalue weighted by atomic mass is 32.2. The van der Waals surface area contributed by atoms with E-state index in [-0.39, 0.29) is 5.91 Å². The molecule has 0 radical (unpaired) electrons. The quantitative estimate of drug-likeness (QED) is 0.752. The van der Waals surface area contributed by atoms with Gasteiger partial charge in [0.25, 0.3) is 10.2 Å². The number of nitrogens with zero attached hydrogens (tertiary/aromatic N) is 3. The zero-order valence-corrected chi connectivity index (χ0v) is 13.1. The molecule has 1 aliphatic rings. The van der Waals surface area contributed by atoms with Crippen LogP contribution < -0.4 is 0 Å². The van der Waals surface area contributed by atoms with Crippen LogP contribution >= 0.6 is 0 Å². The standard InChI is InChI=1S/C12H25N3O3S/c1-11(2)10-12(16)14-6-5-7-15(9-8-14)19(17,18)13(3)4/h11H,5-10H2,1-4H3. The van der Waals surface area contributed by atoms with Crippen LogP contribution in [0, 0.1) is 5.92 Å². The largest absolute Gasteiger partial charge is 0.341 e. The second-order valence-electron chi connectivity index (χ2n) is 5.52. The minimum atomic E-state index is -3.37. The van der Waals surface area contributed by atoms with Gasteiger partial charge < -0.3 is 4.90 Å². The molecule has 19 heavy (non-hydrogen) atoms. The van der Waals surface area contributed by atoms with E-state index >= 15 is 0 Å². The predicted molar refractivity (Wildman–Crippen MR) is 74.8 cm³/mol. The highest BCUT2D eigenvalue weighted by Crippen LogP contribution is 2.12. The number of amides is 1. The van der Waals surface area contributed by atoms with E-state index in [1.807, 2.05) is 13.8 Å². The minimum absolute atomic E-state index is 0.124. The molecule has 1 amide bonds. The molecule has 0 unspecified atom stereocenters. The van der Waals surface area contributed by atoms with Gasteiger partial charge in [0.05, 0.1) is 0 Å². The van der Waals surface area contributed by atoms with E-state index in [0.29, 0.717) is 44.9 Å². The second kappa shape index (κ2) is 6.67. The first kappa shape index (κ1) is 16.4. The highest BCUT2D eigenvalue weighted by Gasteiger charge is 2.28. The van der Waals surface area contributed by atoms with Gasteiger partial charge in [-0.3, -0.25) is 4.79 Å². The maximum atomic E-state index is 12.0. The SMILES string of the molecule is CC(C)CC(=O)N1CCCN(S(=O)(=O)N(C)C)CC1. The van der Waals surface area contributed by atoms with Crippen molar-refractivity contribution in [1.82, 2.24) is 13.5 Å². The zero-order valence-electron chi connectivity index (χ0n) is 12.3. The molecular formula is C12H25N3O3S. The summed E-state index contributed by atoms with van der Waals surface area (Å²) in [5.74, 6) is 0.455. The molecular weight excluding hydrogens is 266 g/mol. The lowest BCUT2D eigenvalue weighted by atomic mass is 10.1. The van der Waals surface area contributed by atoms with Crippen molar-refractivity contribution in [3.05, 3.63) is 0 Å². The van der Waals surface area contributed by atoms with Gasteiger partial charge in [-0.15, -0.1) is 0 Å². The summed E-state index contributed by atoms with van der Waals surface area (Å²) in [7, 11) is -0.307. The van der Waals surface area contributed by atoms with Crippen LogP contribution in [-0.4, -0.2) is 68.1 Å². The van der Waals surface area contributed by atoms with Gasteiger partial charge in [-0.25, -0.2) is 0 Å². The molecule has 0 aromatic rings. The van der Waals surface area contributed by atoms with Crippen LogP contribution in [0.25, 0.3) is 0 Å². The molecule has 0 aromatic carbocycles. The third kappa shape index (κ3) is 4.43. The molecule has 0 saturated carbocycles. The van der Waals surface area contributed by atoms with Crippen LogP contribution in [0.15, 0.2) is 0 Å². The Labute approximate surface area is 116 Å². The molecule has 0 N–H and O–H groups in total. The van der Waals surface area contributed by atoms with Crippen molar-refractivity contribution >= 4 is 16.1 Å². The number of rotatable bonds is 4. The predicted octanol–water partition coefficient (Wildman–Crippen LogP) is 0.373. The lowest BCUT2D eigenvalue weighted by molar-refractivity contribution is -0.131. The van der Waals surface area contributed by atoms with Crippen LogP contribution in [0.4, 0.5) is 0 Å². The summed E-state index contributed by atoms with van der Waals surface area (Å²) < 4.78 is 26.8. The fourth-order valence-corrected chi connectivity index (χ4v) is 3.22. The Hall–Kier alpha value is -0.660. The molecule has 1 aliphatic heterocycles. The average molecular weight is 291 g/mol. The smallest absolute Gasteiger partial charge is 0.281 e. The van der Waals surface area contributed by atoms with Gasteiger partial charge in [-0.2, -0.15) is 17.0 Å². The summed E-state index contributed by atoms with van der Waals surface area (Å²) in [5.41, 5.74) is 0. The normalized spacial score (nSPS) is 18.9. The molecule has 0 aromatic heterocycles. The van der Waals surface area contributed by atoms with Gasteiger partial charge in [-0.1, -0.05) is 13.8 Å². The highest BCUT2D eigenvalue weighted by molar-refractivity contribution is 7.86. The van der Waals surface area contributed by atoms with E-state index in [2.05, 4.69) is 0 Å². The van der Waals surface area contributed by atoms with Gasteiger partial charge in [0, 0.05) is 46.7 Å². The van der Waals surface area contributed by atoms with Crippen LogP contribution in [-0.2, 0) is 15.0 Å². The third-order valence-electron chi connectivity index (χ3n) is 3.18. The molecule has 1 heterocycles. The summed E-state index contributed by atoms with van der Waals surface area (Å²) in [5, 5.41) is 0. The molecule has 0 bridgehead atoms. The molecule has 7 heteroatoms. The fraction of sp³-hybridized carbons (Fsp3) is 0.917. The van der Waals surface area contributed by atoms with E-state index < -0.39 is 10.2 Å². The Morgan fingerprint density at radius 2 is 1.79 bits per heavy atom. The molecule has 0 spiro atoms. The van der Waals surface area contributed by atoms with Crippen molar-refractivity contribution in [2.45, 2.75) is 26.7 Å². The zero-order chi connectivity index (χ0) is 14.6. The lowest BCUT2D eigenvalue weighted by Gasteiger charge is -2.24. The topological polar surface area (TPSA) is 60.9 Å². The van der Waals surface area contributed by atoms with E-state index in [4.69, 9.17) is 0 Å². The van der Waals surface area contributed by atoms with E-state index in [1.54, 1.807) is 4.90 Å². The third-order valence-corrected chi connectivity index (χ3v) is 5.12. The first-order valence-corrected chi connectivity index (χ1v) is 8.10.